The van der Waals surface area contributed by atoms with Gasteiger partial charge in [0.05, 0.1) is 5.37 Å². The van der Waals surface area contributed by atoms with Crippen molar-refractivity contribution in [1.29, 1.82) is 0 Å². The lowest BCUT2D eigenvalue weighted by Gasteiger charge is -2.29. The SMILES string of the molecule is CC(C)C1SCC(C(=O)O)N1C(=O)c1ccc(O)cc1. The highest BCUT2D eigenvalue weighted by atomic mass is 32.2. The number of carboxylic acids is 1. The maximum atomic E-state index is 12.6. The van der Waals surface area contributed by atoms with Crippen LogP contribution in [0.1, 0.15) is 24.2 Å². The molecule has 0 aliphatic carbocycles. The Morgan fingerprint density at radius 3 is 2.40 bits per heavy atom. The number of carboxylic acid groups (broad SMARTS) is 1. The summed E-state index contributed by atoms with van der Waals surface area (Å²) >= 11 is 1.50. The van der Waals surface area contributed by atoms with Gasteiger partial charge in [0.25, 0.3) is 5.91 Å². The second kappa shape index (κ2) is 5.75. The summed E-state index contributed by atoms with van der Waals surface area (Å²) < 4.78 is 0. The molecule has 1 aromatic carbocycles. The Morgan fingerprint density at radius 2 is 1.90 bits per heavy atom. The van der Waals surface area contributed by atoms with Gasteiger partial charge in [-0.05, 0) is 30.2 Å². The molecule has 2 unspecified atom stereocenters. The highest BCUT2D eigenvalue weighted by Gasteiger charge is 2.43. The molecule has 5 nitrogen and oxygen atoms in total. The van der Waals surface area contributed by atoms with Gasteiger partial charge in [0.2, 0.25) is 0 Å². The van der Waals surface area contributed by atoms with Crippen LogP contribution in [0.25, 0.3) is 0 Å². The molecule has 1 aliphatic heterocycles. The summed E-state index contributed by atoms with van der Waals surface area (Å²) in [7, 11) is 0. The molecule has 0 bridgehead atoms. The van der Waals surface area contributed by atoms with E-state index in [9.17, 15) is 19.8 Å². The van der Waals surface area contributed by atoms with E-state index in [2.05, 4.69) is 0 Å². The molecule has 0 saturated carbocycles. The quantitative estimate of drug-likeness (QED) is 0.892. The van der Waals surface area contributed by atoms with E-state index in [1.54, 1.807) is 0 Å². The zero-order valence-corrected chi connectivity index (χ0v) is 12.1. The third-order valence-corrected chi connectivity index (χ3v) is 4.86. The zero-order chi connectivity index (χ0) is 14.9. The van der Waals surface area contributed by atoms with Gasteiger partial charge in [0.15, 0.2) is 0 Å². The van der Waals surface area contributed by atoms with Crippen LogP contribution in [-0.2, 0) is 4.79 Å². The Kier molecular flexibility index (Phi) is 4.23. The van der Waals surface area contributed by atoms with Crippen molar-refractivity contribution in [2.24, 2.45) is 5.92 Å². The predicted molar refractivity (Wildman–Crippen MR) is 76.8 cm³/mol. The van der Waals surface area contributed by atoms with E-state index in [1.165, 1.54) is 40.9 Å². The molecule has 0 radical (unpaired) electrons. The van der Waals surface area contributed by atoms with E-state index in [-0.39, 0.29) is 22.9 Å². The third-order valence-electron chi connectivity index (χ3n) is 3.24. The van der Waals surface area contributed by atoms with Gasteiger partial charge < -0.3 is 15.1 Å². The molecule has 108 valence electrons. The second-order valence-corrected chi connectivity index (χ2v) is 6.23. The number of phenolic OH excluding ortho intramolecular Hbond substituents is 1. The van der Waals surface area contributed by atoms with Crippen LogP contribution in [0.5, 0.6) is 5.75 Å². The Balaban J connectivity index is 2.31. The topological polar surface area (TPSA) is 77.8 Å². The second-order valence-electron chi connectivity index (χ2n) is 5.08. The smallest absolute Gasteiger partial charge is 0.327 e. The molecule has 1 aromatic rings. The summed E-state index contributed by atoms with van der Waals surface area (Å²) in [5.74, 6) is -0.631. The summed E-state index contributed by atoms with van der Waals surface area (Å²) in [6, 6.07) is 5.08. The Hall–Kier alpha value is -1.69. The van der Waals surface area contributed by atoms with Gasteiger partial charge in [0.1, 0.15) is 11.8 Å². The van der Waals surface area contributed by atoms with Crippen molar-refractivity contribution in [2.75, 3.05) is 5.75 Å². The van der Waals surface area contributed by atoms with E-state index in [0.29, 0.717) is 11.3 Å². The van der Waals surface area contributed by atoms with Crippen LogP contribution in [0.4, 0.5) is 0 Å². The molecule has 1 saturated heterocycles. The van der Waals surface area contributed by atoms with Crippen LogP contribution < -0.4 is 0 Å². The highest BCUT2D eigenvalue weighted by Crippen LogP contribution is 2.35. The molecule has 1 aliphatic rings. The van der Waals surface area contributed by atoms with E-state index < -0.39 is 12.0 Å². The maximum Gasteiger partial charge on any atom is 0.327 e. The first-order valence-corrected chi connectivity index (χ1v) is 7.42. The van der Waals surface area contributed by atoms with Gasteiger partial charge in [-0.15, -0.1) is 11.8 Å². The van der Waals surface area contributed by atoms with Crippen molar-refractivity contribution in [3.8, 4) is 5.75 Å². The summed E-state index contributed by atoms with van der Waals surface area (Å²) in [6.45, 7) is 3.94. The normalized spacial score (nSPS) is 22.2. The van der Waals surface area contributed by atoms with E-state index in [0.717, 1.165) is 0 Å². The Bertz CT molecular complexity index is 514. The number of aliphatic carboxylic acids is 1. The molecule has 1 amide bonds. The molecule has 1 heterocycles. The number of benzene rings is 1. The first kappa shape index (κ1) is 14.7. The standard InChI is InChI=1S/C14H17NO4S/c1-8(2)13-15(11(7-20-13)14(18)19)12(17)9-3-5-10(16)6-4-9/h3-6,8,11,13,16H,7H2,1-2H3,(H,18,19). The molecule has 2 rings (SSSR count). The minimum absolute atomic E-state index is 0.0764. The van der Waals surface area contributed by atoms with Crippen LogP contribution >= 0.6 is 11.8 Å². The number of phenols is 1. The van der Waals surface area contributed by atoms with Crippen LogP contribution in [0.15, 0.2) is 24.3 Å². The van der Waals surface area contributed by atoms with E-state index in [1.807, 2.05) is 13.8 Å². The number of nitrogens with zero attached hydrogens (tertiary/aromatic N) is 1. The average Bonchev–Trinajstić information content (AvgIpc) is 2.83. The highest BCUT2D eigenvalue weighted by molar-refractivity contribution is 8.00. The number of amides is 1. The van der Waals surface area contributed by atoms with Crippen LogP contribution in [0.3, 0.4) is 0 Å². The van der Waals surface area contributed by atoms with Crippen LogP contribution in [0, 0.1) is 5.92 Å². The molecular weight excluding hydrogens is 278 g/mol. The molecular formula is C14H17NO4S. The van der Waals surface area contributed by atoms with Gasteiger partial charge in [0, 0.05) is 11.3 Å². The minimum atomic E-state index is -0.979. The summed E-state index contributed by atoms with van der Waals surface area (Å²) in [5, 5.41) is 18.4. The first-order chi connectivity index (χ1) is 9.41. The summed E-state index contributed by atoms with van der Waals surface area (Å²) in [6.07, 6.45) is 0. The Labute approximate surface area is 121 Å². The lowest BCUT2D eigenvalue weighted by Crippen LogP contribution is -2.47. The number of rotatable bonds is 3. The lowest BCUT2D eigenvalue weighted by atomic mass is 10.1. The molecule has 6 heteroatoms. The number of hydrogen-bond donors (Lipinski definition) is 2. The number of hydrogen-bond acceptors (Lipinski definition) is 4. The third kappa shape index (κ3) is 2.75. The van der Waals surface area contributed by atoms with Crippen molar-refractivity contribution in [3.63, 3.8) is 0 Å². The molecule has 2 N–H and O–H groups in total. The zero-order valence-electron chi connectivity index (χ0n) is 11.3. The Morgan fingerprint density at radius 1 is 1.30 bits per heavy atom. The van der Waals surface area contributed by atoms with Gasteiger partial charge in [-0.25, -0.2) is 4.79 Å². The molecule has 20 heavy (non-hydrogen) atoms. The van der Waals surface area contributed by atoms with Crippen molar-refractivity contribution in [2.45, 2.75) is 25.3 Å². The van der Waals surface area contributed by atoms with Crippen molar-refractivity contribution < 1.29 is 19.8 Å². The number of aromatic hydroxyl groups is 1. The van der Waals surface area contributed by atoms with Crippen molar-refractivity contribution in [1.82, 2.24) is 4.90 Å². The summed E-state index contributed by atoms with van der Waals surface area (Å²) in [5.41, 5.74) is 0.391. The van der Waals surface area contributed by atoms with Crippen LogP contribution in [-0.4, -0.2) is 44.2 Å². The monoisotopic (exact) mass is 295 g/mol. The molecule has 0 aromatic heterocycles. The lowest BCUT2D eigenvalue weighted by molar-refractivity contribution is -0.141. The minimum Gasteiger partial charge on any atom is -0.508 e. The molecule has 2 atom stereocenters. The van der Waals surface area contributed by atoms with Gasteiger partial charge in [-0.1, -0.05) is 13.8 Å². The fourth-order valence-electron chi connectivity index (χ4n) is 2.24. The largest absolute Gasteiger partial charge is 0.508 e. The fourth-order valence-corrected chi connectivity index (χ4v) is 3.71. The van der Waals surface area contributed by atoms with E-state index >= 15 is 0 Å². The van der Waals surface area contributed by atoms with Gasteiger partial charge >= 0.3 is 5.97 Å². The number of thioether (sulfide) groups is 1. The maximum absolute atomic E-state index is 12.6. The van der Waals surface area contributed by atoms with Crippen molar-refractivity contribution >= 4 is 23.6 Å². The van der Waals surface area contributed by atoms with Gasteiger partial charge in [-0.3, -0.25) is 4.79 Å². The van der Waals surface area contributed by atoms with Crippen molar-refractivity contribution in [3.05, 3.63) is 29.8 Å². The molecule has 0 spiro atoms. The van der Waals surface area contributed by atoms with Crippen LogP contribution in [0.2, 0.25) is 0 Å². The predicted octanol–water partition coefficient (Wildman–Crippen LogP) is 2.02. The fraction of sp³-hybridized carbons (Fsp3) is 0.429. The molecule has 1 fully saturated rings. The average molecular weight is 295 g/mol. The summed E-state index contributed by atoms with van der Waals surface area (Å²) in [4.78, 5) is 25.3. The first-order valence-electron chi connectivity index (χ1n) is 6.38. The van der Waals surface area contributed by atoms with E-state index in [4.69, 9.17) is 0 Å². The number of carbonyl (C=O) groups is 2. The number of carbonyl (C=O) groups excluding carboxylic acids is 1. The van der Waals surface area contributed by atoms with Gasteiger partial charge in [-0.2, -0.15) is 0 Å².